The van der Waals surface area contributed by atoms with Gasteiger partial charge in [-0.05, 0) is 38.8 Å². The SMILES string of the molecule is CCOC1CC(Nc2cc(C#N)cc(F)c2C)C1(C)CC. The van der Waals surface area contributed by atoms with Crippen molar-refractivity contribution in [2.75, 3.05) is 11.9 Å². The van der Waals surface area contributed by atoms with Gasteiger partial charge in [0.1, 0.15) is 5.82 Å². The standard InChI is InChI=1S/C17H23FN2O/c1-5-17(4)15(9-16(17)21-6-2)20-14-8-12(10-19)7-13(18)11(14)3/h7-8,15-16,20H,5-6,9H2,1-4H3. The number of halogens is 1. The van der Waals surface area contributed by atoms with E-state index in [-0.39, 0.29) is 23.4 Å². The van der Waals surface area contributed by atoms with Gasteiger partial charge in [-0.1, -0.05) is 13.8 Å². The van der Waals surface area contributed by atoms with E-state index < -0.39 is 0 Å². The molecule has 0 heterocycles. The number of hydrogen-bond acceptors (Lipinski definition) is 3. The van der Waals surface area contributed by atoms with E-state index in [0.29, 0.717) is 23.4 Å². The fourth-order valence-electron chi connectivity index (χ4n) is 3.05. The zero-order valence-corrected chi connectivity index (χ0v) is 13.2. The maximum atomic E-state index is 13.9. The molecule has 1 saturated carbocycles. The van der Waals surface area contributed by atoms with Crippen molar-refractivity contribution in [1.82, 2.24) is 0 Å². The van der Waals surface area contributed by atoms with Crippen molar-refractivity contribution in [2.24, 2.45) is 5.41 Å². The van der Waals surface area contributed by atoms with E-state index >= 15 is 0 Å². The molecular formula is C17H23FN2O. The van der Waals surface area contributed by atoms with Gasteiger partial charge in [0.15, 0.2) is 0 Å². The van der Waals surface area contributed by atoms with E-state index in [1.54, 1.807) is 13.0 Å². The third-order valence-corrected chi connectivity index (χ3v) is 4.91. The maximum Gasteiger partial charge on any atom is 0.129 e. The molecule has 1 aliphatic carbocycles. The minimum atomic E-state index is -0.338. The highest BCUT2D eigenvalue weighted by atomic mass is 19.1. The van der Waals surface area contributed by atoms with Gasteiger partial charge in [0.25, 0.3) is 0 Å². The Morgan fingerprint density at radius 2 is 2.19 bits per heavy atom. The van der Waals surface area contributed by atoms with Gasteiger partial charge in [-0.2, -0.15) is 5.26 Å². The van der Waals surface area contributed by atoms with Crippen molar-refractivity contribution < 1.29 is 9.13 Å². The molecule has 0 amide bonds. The van der Waals surface area contributed by atoms with E-state index in [1.165, 1.54) is 6.07 Å². The lowest BCUT2D eigenvalue weighted by atomic mass is 9.61. The molecule has 0 radical (unpaired) electrons. The third kappa shape index (κ3) is 2.75. The van der Waals surface area contributed by atoms with Crippen LogP contribution in [0.1, 0.15) is 44.7 Å². The predicted octanol–water partition coefficient (Wildman–Crippen LogP) is 4.01. The van der Waals surface area contributed by atoms with Crippen LogP contribution < -0.4 is 5.32 Å². The first-order valence-electron chi connectivity index (χ1n) is 7.54. The van der Waals surface area contributed by atoms with E-state index in [2.05, 4.69) is 19.2 Å². The topological polar surface area (TPSA) is 45.0 Å². The highest BCUT2D eigenvalue weighted by Crippen LogP contribution is 2.47. The minimum Gasteiger partial charge on any atom is -0.381 e. The predicted molar refractivity (Wildman–Crippen MR) is 81.7 cm³/mol. The van der Waals surface area contributed by atoms with Gasteiger partial charge in [0.2, 0.25) is 0 Å². The van der Waals surface area contributed by atoms with Crippen LogP contribution in [0.15, 0.2) is 12.1 Å². The highest BCUT2D eigenvalue weighted by molar-refractivity contribution is 5.57. The summed E-state index contributed by atoms with van der Waals surface area (Å²) >= 11 is 0. The molecule has 0 saturated heterocycles. The molecule has 3 unspecified atom stereocenters. The summed E-state index contributed by atoms with van der Waals surface area (Å²) in [5.74, 6) is -0.338. The fraction of sp³-hybridized carbons (Fsp3) is 0.588. The molecular weight excluding hydrogens is 267 g/mol. The van der Waals surface area contributed by atoms with Crippen LogP contribution in [0.3, 0.4) is 0 Å². The van der Waals surface area contributed by atoms with Crippen LogP contribution in [-0.2, 0) is 4.74 Å². The van der Waals surface area contributed by atoms with Crippen LogP contribution in [0.5, 0.6) is 0 Å². The number of rotatable bonds is 5. The second kappa shape index (κ2) is 6.03. The Bertz CT molecular complexity index is 567. The van der Waals surface area contributed by atoms with Gasteiger partial charge in [0, 0.05) is 29.3 Å². The zero-order valence-electron chi connectivity index (χ0n) is 13.2. The van der Waals surface area contributed by atoms with Crippen molar-refractivity contribution in [3.8, 4) is 6.07 Å². The smallest absolute Gasteiger partial charge is 0.129 e. The van der Waals surface area contributed by atoms with E-state index in [1.807, 2.05) is 13.0 Å². The molecule has 1 fully saturated rings. The Kier molecular flexibility index (Phi) is 4.53. The number of benzene rings is 1. The normalized spacial score (nSPS) is 27.8. The van der Waals surface area contributed by atoms with Crippen LogP contribution in [0.25, 0.3) is 0 Å². The number of nitrogens with zero attached hydrogens (tertiary/aromatic N) is 1. The van der Waals surface area contributed by atoms with Gasteiger partial charge < -0.3 is 10.1 Å². The van der Waals surface area contributed by atoms with Crippen molar-refractivity contribution in [1.29, 1.82) is 5.26 Å². The van der Waals surface area contributed by atoms with Crippen molar-refractivity contribution in [2.45, 2.75) is 52.7 Å². The molecule has 1 aromatic rings. The highest BCUT2D eigenvalue weighted by Gasteiger charge is 2.51. The molecule has 1 aromatic carbocycles. The lowest BCUT2D eigenvalue weighted by molar-refractivity contribution is -0.109. The Morgan fingerprint density at radius 1 is 1.48 bits per heavy atom. The summed E-state index contributed by atoms with van der Waals surface area (Å²) in [5, 5.41) is 12.4. The van der Waals surface area contributed by atoms with Gasteiger partial charge in [-0.3, -0.25) is 0 Å². The minimum absolute atomic E-state index is 0.0432. The van der Waals surface area contributed by atoms with Crippen LogP contribution in [0.2, 0.25) is 0 Å². The second-order valence-electron chi connectivity index (χ2n) is 5.98. The molecule has 0 aliphatic heterocycles. The molecule has 114 valence electrons. The number of ether oxygens (including phenoxy) is 1. The van der Waals surface area contributed by atoms with Gasteiger partial charge in [-0.15, -0.1) is 0 Å². The molecule has 3 nitrogen and oxygen atoms in total. The Morgan fingerprint density at radius 3 is 2.76 bits per heavy atom. The van der Waals surface area contributed by atoms with Crippen molar-refractivity contribution >= 4 is 5.69 Å². The molecule has 0 aromatic heterocycles. The Balaban J connectivity index is 2.20. The lowest BCUT2D eigenvalue weighted by Crippen LogP contribution is -2.59. The molecule has 4 heteroatoms. The molecule has 1 N–H and O–H groups in total. The summed E-state index contributed by atoms with van der Waals surface area (Å²) in [5.41, 5.74) is 1.67. The second-order valence-corrected chi connectivity index (χ2v) is 5.98. The van der Waals surface area contributed by atoms with Crippen LogP contribution in [-0.4, -0.2) is 18.8 Å². The molecule has 0 bridgehead atoms. The summed E-state index contributed by atoms with van der Waals surface area (Å²) in [4.78, 5) is 0. The zero-order chi connectivity index (χ0) is 15.6. The Labute approximate surface area is 126 Å². The lowest BCUT2D eigenvalue weighted by Gasteiger charge is -2.54. The number of anilines is 1. The van der Waals surface area contributed by atoms with Crippen LogP contribution in [0, 0.1) is 29.5 Å². The van der Waals surface area contributed by atoms with E-state index in [9.17, 15) is 4.39 Å². The molecule has 21 heavy (non-hydrogen) atoms. The van der Waals surface area contributed by atoms with Crippen LogP contribution >= 0.6 is 0 Å². The summed E-state index contributed by atoms with van der Waals surface area (Å²) in [6.45, 7) is 8.81. The number of nitrogens with one attached hydrogen (secondary N) is 1. The van der Waals surface area contributed by atoms with Crippen LogP contribution in [0.4, 0.5) is 10.1 Å². The average molecular weight is 290 g/mol. The summed E-state index contributed by atoms with van der Waals surface area (Å²) < 4.78 is 19.6. The van der Waals surface area contributed by atoms with Crippen molar-refractivity contribution in [3.05, 3.63) is 29.1 Å². The van der Waals surface area contributed by atoms with Gasteiger partial charge in [-0.25, -0.2) is 4.39 Å². The largest absolute Gasteiger partial charge is 0.381 e. The maximum absolute atomic E-state index is 13.9. The van der Waals surface area contributed by atoms with Gasteiger partial charge in [0.05, 0.1) is 17.7 Å². The van der Waals surface area contributed by atoms with Crippen molar-refractivity contribution in [3.63, 3.8) is 0 Å². The van der Waals surface area contributed by atoms with E-state index in [4.69, 9.17) is 10.00 Å². The molecule has 2 rings (SSSR count). The summed E-state index contributed by atoms with van der Waals surface area (Å²) in [6.07, 6.45) is 2.15. The molecule has 0 spiro atoms. The summed E-state index contributed by atoms with van der Waals surface area (Å²) in [6, 6.07) is 5.25. The average Bonchev–Trinajstić information content (AvgIpc) is 2.49. The monoisotopic (exact) mass is 290 g/mol. The molecule has 1 aliphatic rings. The quantitative estimate of drug-likeness (QED) is 0.891. The Hall–Kier alpha value is -1.60. The first kappa shape index (κ1) is 15.8. The number of nitriles is 1. The van der Waals surface area contributed by atoms with E-state index in [0.717, 1.165) is 12.8 Å². The third-order valence-electron chi connectivity index (χ3n) is 4.91. The first-order chi connectivity index (χ1) is 9.96. The van der Waals surface area contributed by atoms with Gasteiger partial charge >= 0.3 is 0 Å². The molecule has 3 atom stereocenters. The number of hydrogen-bond donors (Lipinski definition) is 1. The fourth-order valence-corrected chi connectivity index (χ4v) is 3.05. The summed E-state index contributed by atoms with van der Waals surface area (Å²) in [7, 11) is 0. The first-order valence-corrected chi connectivity index (χ1v) is 7.54.